The van der Waals surface area contributed by atoms with Crippen LogP contribution in [-0.2, 0) is 11.8 Å². The van der Waals surface area contributed by atoms with E-state index in [0.29, 0.717) is 12.5 Å². The van der Waals surface area contributed by atoms with Crippen LogP contribution in [0.3, 0.4) is 0 Å². The molecular formula is C17H23N3O2. The summed E-state index contributed by atoms with van der Waals surface area (Å²) in [5, 5.41) is 2.91. The van der Waals surface area contributed by atoms with Gasteiger partial charge in [0.1, 0.15) is 11.9 Å². The molecular weight excluding hydrogens is 278 g/mol. The van der Waals surface area contributed by atoms with Crippen molar-refractivity contribution in [2.24, 2.45) is 13.0 Å². The number of nitrogens with zero attached hydrogens (tertiary/aromatic N) is 2. The third-order valence-electron chi connectivity index (χ3n) is 3.34. The molecule has 1 unspecified atom stereocenters. The Morgan fingerprint density at radius 2 is 2.00 bits per heavy atom. The molecule has 0 aliphatic rings. The summed E-state index contributed by atoms with van der Waals surface area (Å²) in [7, 11) is 1.91. The van der Waals surface area contributed by atoms with Crippen molar-refractivity contribution in [1.29, 1.82) is 0 Å². The highest BCUT2D eigenvalue weighted by Gasteiger charge is 2.21. The minimum atomic E-state index is -0.428. The zero-order valence-corrected chi connectivity index (χ0v) is 13.5. The van der Waals surface area contributed by atoms with Crippen LogP contribution in [0.5, 0.6) is 0 Å². The Morgan fingerprint density at radius 3 is 2.55 bits per heavy atom. The Kier molecular flexibility index (Phi) is 5.20. The van der Waals surface area contributed by atoms with Gasteiger partial charge in [-0.3, -0.25) is 0 Å². The lowest BCUT2D eigenvalue weighted by Gasteiger charge is -2.19. The molecule has 0 saturated heterocycles. The summed E-state index contributed by atoms with van der Waals surface area (Å²) < 4.78 is 7.13. The minimum Gasteiger partial charge on any atom is -0.449 e. The second-order valence-electron chi connectivity index (χ2n) is 5.88. The Hall–Kier alpha value is -2.30. The van der Waals surface area contributed by atoms with Crippen LogP contribution in [0, 0.1) is 12.8 Å². The van der Waals surface area contributed by atoms with Crippen LogP contribution in [-0.4, -0.2) is 22.3 Å². The summed E-state index contributed by atoms with van der Waals surface area (Å²) in [4.78, 5) is 16.4. The van der Waals surface area contributed by atoms with Crippen LogP contribution in [0.1, 0.15) is 36.8 Å². The number of carbonyl (C=O) groups excluding carboxylic acids is 1. The number of benzene rings is 1. The molecule has 0 aliphatic carbocycles. The van der Waals surface area contributed by atoms with E-state index in [9.17, 15) is 4.79 Å². The predicted molar refractivity (Wildman–Crippen MR) is 85.6 cm³/mol. The lowest BCUT2D eigenvalue weighted by molar-refractivity contribution is 0.130. The summed E-state index contributed by atoms with van der Waals surface area (Å²) in [6.45, 7) is 6.43. The van der Waals surface area contributed by atoms with Gasteiger partial charge in [0.05, 0.1) is 6.61 Å². The molecule has 0 saturated carbocycles. The van der Waals surface area contributed by atoms with Crippen molar-refractivity contribution >= 4 is 6.09 Å². The van der Waals surface area contributed by atoms with Crippen LogP contribution < -0.4 is 5.32 Å². The zero-order chi connectivity index (χ0) is 16.1. The van der Waals surface area contributed by atoms with E-state index in [1.54, 1.807) is 6.20 Å². The smallest absolute Gasteiger partial charge is 0.408 e. The Bertz CT molecular complexity index is 617. The summed E-state index contributed by atoms with van der Waals surface area (Å²) >= 11 is 0. The SMILES string of the molecule is Cc1ccc(C(NC(=O)OCC(C)C)c2nccn2C)cc1. The highest BCUT2D eigenvalue weighted by atomic mass is 16.5. The molecule has 2 aromatic rings. The number of nitrogens with one attached hydrogen (secondary N) is 1. The monoisotopic (exact) mass is 301 g/mol. The highest BCUT2D eigenvalue weighted by molar-refractivity contribution is 5.68. The van der Waals surface area contributed by atoms with E-state index in [-0.39, 0.29) is 6.04 Å². The molecule has 1 aromatic heterocycles. The van der Waals surface area contributed by atoms with Crippen LogP contribution in [0.4, 0.5) is 4.79 Å². The van der Waals surface area contributed by atoms with Gasteiger partial charge in [-0.1, -0.05) is 43.7 Å². The van der Waals surface area contributed by atoms with E-state index < -0.39 is 6.09 Å². The molecule has 118 valence electrons. The van der Waals surface area contributed by atoms with Crippen molar-refractivity contribution in [3.05, 3.63) is 53.6 Å². The first-order valence-electron chi connectivity index (χ1n) is 7.44. The maximum atomic E-state index is 12.0. The average molecular weight is 301 g/mol. The van der Waals surface area contributed by atoms with Gasteiger partial charge in [0.25, 0.3) is 0 Å². The summed E-state index contributed by atoms with van der Waals surface area (Å²) in [6, 6.07) is 7.70. The number of imidazole rings is 1. The Morgan fingerprint density at radius 1 is 1.32 bits per heavy atom. The number of carbonyl (C=O) groups is 1. The second-order valence-corrected chi connectivity index (χ2v) is 5.88. The van der Waals surface area contributed by atoms with Crippen LogP contribution in [0.2, 0.25) is 0 Å². The van der Waals surface area contributed by atoms with E-state index in [2.05, 4.69) is 10.3 Å². The lowest BCUT2D eigenvalue weighted by atomic mass is 10.0. The molecule has 1 heterocycles. The van der Waals surface area contributed by atoms with Crippen LogP contribution in [0.25, 0.3) is 0 Å². The lowest BCUT2D eigenvalue weighted by Crippen LogP contribution is -2.32. The maximum absolute atomic E-state index is 12.0. The molecule has 1 atom stereocenters. The van der Waals surface area contributed by atoms with Crippen LogP contribution in [0.15, 0.2) is 36.7 Å². The van der Waals surface area contributed by atoms with Gasteiger partial charge in [-0.15, -0.1) is 0 Å². The maximum Gasteiger partial charge on any atom is 0.408 e. The van der Waals surface area contributed by atoms with Crippen molar-refractivity contribution < 1.29 is 9.53 Å². The molecule has 5 nitrogen and oxygen atoms in total. The first kappa shape index (κ1) is 16.1. The van der Waals surface area contributed by atoms with Crippen molar-refractivity contribution in [3.8, 4) is 0 Å². The highest BCUT2D eigenvalue weighted by Crippen LogP contribution is 2.21. The van der Waals surface area contributed by atoms with Gasteiger partial charge in [0.15, 0.2) is 0 Å². The van der Waals surface area contributed by atoms with Crippen LogP contribution >= 0.6 is 0 Å². The fourth-order valence-corrected chi connectivity index (χ4v) is 2.11. The Labute approximate surface area is 131 Å². The largest absolute Gasteiger partial charge is 0.449 e. The number of aryl methyl sites for hydroxylation is 2. The molecule has 1 N–H and O–H groups in total. The summed E-state index contributed by atoms with van der Waals surface area (Å²) in [5.74, 6) is 1.07. The molecule has 22 heavy (non-hydrogen) atoms. The van der Waals surface area contributed by atoms with Crippen molar-refractivity contribution in [1.82, 2.24) is 14.9 Å². The Balaban J connectivity index is 2.21. The third-order valence-corrected chi connectivity index (χ3v) is 3.34. The number of aromatic nitrogens is 2. The standard InChI is InChI=1S/C17H23N3O2/c1-12(2)11-22-17(21)19-15(16-18-9-10-20(16)4)14-7-5-13(3)6-8-14/h5-10,12,15H,11H2,1-4H3,(H,19,21). The van der Waals surface area contributed by atoms with Gasteiger partial charge in [0.2, 0.25) is 0 Å². The minimum absolute atomic E-state index is 0.303. The molecule has 0 aliphatic heterocycles. The molecule has 5 heteroatoms. The number of ether oxygens (including phenoxy) is 1. The molecule has 0 radical (unpaired) electrons. The summed E-state index contributed by atoms with van der Waals surface area (Å²) in [6.07, 6.45) is 3.15. The molecule has 0 fully saturated rings. The van der Waals surface area contributed by atoms with Gasteiger partial charge in [0, 0.05) is 19.4 Å². The normalized spacial score (nSPS) is 12.2. The number of hydrogen-bond donors (Lipinski definition) is 1. The molecule has 1 aromatic carbocycles. The van der Waals surface area contributed by atoms with E-state index in [1.165, 1.54) is 5.56 Å². The number of rotatable bonds is 5. The third kappa shape index (κ3) is 4.10. The van der Waals surface area contributed by atoms with Gasteiger partial charge >= 0.3 is 6.09 Å². The van der Waals surface area contributed by atoms with Crippen molar-refractivity contribution in [2.75, 3.05) is 6.61 Å². The summed E-state index contributed by atoms with van der Waals surface area (Å²) in [5.41, 5.74) is 2.14. The quantitative estimate of drug-likeness (QED) is 0.922. The van der Waals surface area contributed by atoms with Gasteiger partial charge in [-0.25, -0.2) is 9.78 Å². The zero-order valence-electron chi connectivity index (χ0n) is 13.5. The molecule has 1 amide bonds. The average Bonchev–Trinajstić information content (AvgIpc) is 2.90. The topological polar surface area (TPSA) is 56.1 Å². The van der Waals surface area contributed by atoms with Crippen molar-refractivity contribution in [3.63, 3.8) is 0 Å². The molecule has 0 spiro atoms. The van der Waals surface area contributed by atoms with E-state index in [4.69, 9.17) is 4.74 Å². The first-order valence-corrected chi connectivity index (χ1v) is 7.44. The number of hydrogen-bond acceptors (Lipinski definition) is 3. The number of amides is 1. The van der Waals surface area contributed by atoms with E-state index in [1.807, 2.05) is 62.8 Å². The van der Waals surface area contributed by atoms with E-state index >= 15 is 0 Å². The second kappa shape index (κ2) is 7.11. The molecule has 2 rings (SSSR count). The predicted octanol–water partition coefficient (Wildman–Crippen LogP) is 3.20. The fraction of sp³-hybridized carbons (Fsp3) is 0.412. The molecule has 0 bridgehead atoms. The van der Waals surface area contributed by atoms with Crippen molar-refractivity contribution in [2.45, 2.75) is 26.8 Å². The number of alkyl carbamates (subject to hydrolysis) is 1. The van der Waals surface area contributed by atoms with E-state index in [0.717, 1.165) is 11.4 Å². The first-order chi connectivity index (χ1) is 10.5. The van der Waals surface area contributed by atoms with Gasteiger partial charge in [-0.05, 0) is 18.4 Å². The fourth-order valence-electron chi connectivity index (χ4n) is 2.11. The van der Waals surface area contributed by atoms with Gasteiger partial charge in [-0.2, -0.15) is 0 Å². The van der Waals surface area contributed by atoms with Gasteiger partial charge < -0.3 is 14.6 Å².